The minimum atomic E-state index is -4.26. The van der Waals surface area contributed by atoms with Crippen LogP contribution in [-0.4, -0.2) is 28.4 Å². The van der Waals surface area contributed by atoms with Gasteiger partial charge in [0.25, 0.3) is 0 Å². The van der Waals surface area contributed by atoms with Crippen LogP contribution in [0.25, 0.3) is 0 Å². The number of alkyl halides is 3. The Bertz CT molecular complexity index is 360. The van der Waals surface area contributed by atoms with Gasteiger partial charge in [-0.05, 0) is 6.07 Å². The molecule has 1 rings (SSSR count). The summed E-state index contributed by atoms with van der Waals surface area (Å²) < 4.78 is 36.5. The number of nitrogens with zero attached hydrogens (tertiary/aromatic N) is 2. The van der Waals surface area contributed by atoms with Crippen molar-refractivity contribution in [2.45, 2.75) is 19.1 Å². The predicted molar refractivity (Wildman–Crippen MR) is 50.3 cm³/mol. The molecule has 1 aromatic heterocycles. The number of carbonyl (C=O) groups excluding carboxylic acids is 1. The number of nitrogen functional groups attached to an aromatic ring is 1. The highest BCUT2D eigenvalue weighted by molar-refractivity contribution is 5.75. The third-order valence-electron chi connectivity index (χ3n) is 1.70. The van der Waals surface area contributed by atoms with Crippen molar-refractivity contribution in [1.29, 1.82) is 0 Å². The van der Waals surface area contributed by atoms with E-state index < -0.39 is 25.0 Å². The van der Waals surface area contributed by atoms with Gasteiger partial charge in [-0.25, -0.2) is 0 Å². The Morgan fingerprint density at radius 1 is 1.56 bits per heavy atom. The van der Waals surface area contributed by atoms with Crippen molar-refractivity contribution >= 4 is 11.7 Å². The molecule has 0 spiro atoms. The number of nitrogens with one attached hydrogen (secondary N) is 1. The van der Waals surface area contributed by atoms with E-state index in [1.54, 1.807) is 0 Å². The molecule has 0 fully saturated rings. The van der Waals surface area contributed by atoms with Gasteiger partial charge in [0.1, 0.15) is 12.4 Å². The first kappa shape index (κ1) is 12.3. The summed E-state index contributed by atoms with van der Waals surface area (Å²) in [5.74, 6) is -0.282. The summed E-state index contributed by atoms with van der Waals surface area (Å²) in [5, 5.41) is 5.86. The number of anilines is 1. The average molecular weight is 236 g/mol. The zero-order valence-electron chi connectivity index (χ0n) is 8.29. The highest BCUT2D eigenvalue weighted by atomic mass is 19.4. The molecule has 90 valence electrons. The van der Waals surface area contributed by atoms with Crippen LogP contribution in [0, 0.1) is 0 Å². The largest absolute Gasteiger partial charge is 0.390 e. The van der Waals surface area contributed by atoms with Crippen molar-refractivity contribution in [3.63, 3.8) is 0 Å². The minimum absolute atomic E-state index is 0.144. The quantitative estimate of drug-likeness (QED) is 0.801. The number of amides is 1. The first-order valence-electron chi connectivity index (χ1n) is 4.49. The van der Waals surface area contributed by atoms with E-state index in [4.69, 9.17) is 5.73 Å². The van der Waals surface area contributed by atoms with Crippen LogP contribution in [-0.2, 0) is 11.3 Å². The molecule has 3 N–H and O–H groups in total. The molecule has 0 saturated carbocycles. The zero-order chi connectivity index (χ0) is 12.2. The number of aromatic nitrogens is 2. The van der Waals surface area contributed by atoms with Gasteiger partial charge in [-0.3, -0.25) is 9.48 Å². The van der Waals surface area contributed by atoms with E-state index in [9.17, 15) is 18.0 Å². The maximum atomic E-state index is 11.8. The molecule has 0 atom stereocenters. The summed E-state index contributed by atoms with van der Waals surface area (Å²) >= 11 is 0. The Morgan fingerprint density at radius 2 is 2.25 bits per heavy atom. The normalized spacial score (nSPS) is 11.4. The van der Waals surface area contributed by atoms with E-state index in [0.29, 0.717) is 0 Å². The molecular weight excluding hydrogens is 225 g/mol. The molecule has 16 heavy (non-hydrogen) atoms. The molecule has 0 bridgehead atoms. The van der Waals surface area contributed by atoms with Gasteiger partial charge in [-0.1, -0.05) is 0 Å². The number of nitrogens with two attached hydrogens (primary N) is 1. The Balaban J connectivity index is 2.26. The lowest BCUT2D eigenvalue weighted by Gasteiger charge is -2.07. The van der Waals surface area contributed by atoms with Crippen LogP contribution in [0.1, 0.15) is 6.42 Å². The maximum Gasteiger partial charge on any atom is 0.390 e. The van der Waals surface area contributed by atoms with Crippen molar-refractivity contribution in [2.24, 2.45) is 0 Å². The third kappa shape index (κ3) is 4.67. The van der Waals surface area contributed by atoms with Crippen LogP contribution in [0.4, 0.5) is 19.0 Å². The molecule has 0 aromatic carbocycles. The first-order chi connectivity index (χ1) is 7.37. The Hall–Kier alpha value is -1.73. The lowest BCUT2D eigenvalue weighted by Crippen LogP contribution is -2.31. The second-order valence-electron chi connectivity index (χ2n) is 3.15. The van der Waals surface area contributed by atoms with Gasteiger partial charge < -0.3 is 11.1 Å². The van der Waals surface area contributed by atoms with Gasteiger partial charge in [-0.2, -0.15) is 18.3 Å². The van der Waals surface area contributed by atoms with Gasteiger partial charge >= 0.3 is 6.18 Å². The summed E-state index contributed by atoms with van der Waals surface area (Å²) in [4.78, 5) is 11.1. The zero-order valence-corrected chi connectivity index (χ0v) is 8.29. The maximum absolute atomic E-state index is 11.8. The molecule has 0 aliphatic rings. The monoisotopic (exact) mass is 236 g/mol. The second-order valence-corrected chi connectivity index (χ2v) is 3.15. The number of carbonyl (C=O) groups is 1. The number of rotatable bonds is 4. The van der Waals surface area contributed by atoms with Crippen LogP contribution < -0.4 is 11.1 Å². The highest BCUT2D eigenvalue weighted by Gasteiger charge is 2.26. The summed E-state index contributed by atoms with van der Waals surface area (Å²) in [5.41, 5.74) is 5.30. The highest BCUT2D eigenvalue weighted by Crippen LogP contribution is 2.17. The lowest BCUT2D eigenvalue weighted by molar-refractivity contribution is -0.135. The smallest absolute Gasteiger partial charge is 0.382 e. The van der Waals surface area contributed by atoms with Crippen molar-refractivity contribution in [3.8, 4) is 0 Å². The van der Waals surface area contributed by atoms with Gasteiger partial charge in [0.15, 0.2) is 0 Å². The number of hydrogen-bond acceptors (Lipinski definition) is 3. The molecule has 0 unspecified atom stereocenters. The van der Waals surface area contributed by atoms with Crippen LogP contribution in [0.2, 0.25) is 0 Å². The third-order valence-corrected chi connectivity index (χ3v) is 1.70. The topological polar surface area (TPSA) is 72.9 Å². The van der Waals surface area contributed by atoms with Gasteiger partial charge in [0.05, 0.1) is 6.42 Å². The summed E-state index contributed by atoms with van der Waals surface area (Å²) in [7, 11) is 0. The Kier molecular flexibility index (Phi) is 3.75. The van der Waals surface area contributed by atoms with Gasteiger partial charge in [0, 0.05) is 12.7 Å². The SMILES string of the molecule is Nc1ccn(CC(=O)NCCC(F)(F)F)n1. The van der Waals surface area contributed by atoms with Crippen LogP contribution in [0.5, 0.6) is 0 Å². The average Bonchev–Trinajstić information content (AvgIpc) is 2.48. The van der Waals surface area contributed by atoms with Gasteiger partial charge in [0.2, 0.25) is 5.91 Å². The summed E-state index contributed by atoms with van der Waals surface area (Å²) in [6, 6.07) is 1.49. The lowest BCUT2D eigenvalue weighted by atomic mass is 10.4. The number of hydrogen-bond donors (Lipinski definition) is 2. The predicted octanol–water partition coefficient (Wildman–Crippen LogP) is 0.534. The van der Waals surface area contributed by atoms with E-state index in [1.807, 2.05) is 0 Å². The Morgan fingerprint density at radius 3 is 2.75 bits per heavy atom. The molecule has 8 heteroatoms. The number of halogens is 3. The molecule has 5 nitrogen and oxygen atoms in total. The van der Waals surface area contributed by atoms with E-state index >= 15 is 0 Å². The first-order valence-corrected chi connectivity index (χ1v) is 4.49. The fourth-order valence-corrected chi connectivity index (χ4v) is 1.01. The Labute approximate surface area is 89.4 Å². The van der Waals surface area contributed by atoms with Gasteiger partial charge in [-0.15, -0.1) is 0 Å². The van der Waals surface area contributed by atoms with Crippen LogP contribution >= 0.6 is 0 Å². The van der Waals surface area contributed by atoms with E-state index in [2.05, 4.69) is 10.4 Å². The van der Waals surface area contributed by atoms with Crippen molar-refractivity contribution in [2.75, 3.05) is 12.3 Å². The minimum Gasteiger partial charge on any atom is -0.382 e. The van der Waals surface area contributed by atoms with E-state index in [0.717, 1.165) is 0 Å². The molecule has 1 amide bonds. The fourth-order valence-electron chi connectivity index (χ4n) is 1.01. The second kappa shape index (κ2) is 4.86. The van der Waals surface area contributed by atoms with Crippen molar-refractivity contribution in [1.82, 2.24) is 15.1 Å². The molecular formula is C8H11F3N4O. The van der Waals surface area contributed by atoms with Crippen LogP contribution in [0.15, 0.2) is 12.3 Å². The summed E-state index contributed by atoms with van der Waals surface area (Å²) in [6.45, 7) is -0.575. The fraction of sp³-hybridized carbons (Fsp3) is 0.500. The van der Waals surface area contributed by atoms with Crippen LogP contribution in [0.3, 0.4) is 0 Å². The standard InChI is InChI=1S/C8H11F3N4O/c9-8(10,11)2-3-13-7(16)5-15-4-1-6(12)14-15/h1,4H,2-3,5H2,(H2,12,14)(H,13,16). The molecule has 0 aliphatic heterocycles. The van der Waals surface area contributed by atoms with Crippen molar-refractivity contribution in [3.05, 3.63) is 12.3 Å². The molecule has 1 heterocycles. The molecule has 0 saturated heterocycles. The van der Waals surface area contributed by atoms with E-state index in [1.165, 1.54) is 16.9 Å². The molecule has 0 radical (unpaired) electrons. The summed E-state index contributed by atoms with van der Waals surface area (Å²) in [6.07, 6.45) is -3.83. The molecule has 1 aromatic rings. The molecule has 0 aliphatic carbocycles. The van der Waals surface area contributed by atoms with Crippen molar-refractivity contribution < 1.29 is 18.0 Å². The van der Waals surface area contributed by atoms with E-state index in [-0.39, 0.29) is 12.4 Å².